The van der Waals surface area contributed by atoms with Gasteiger partial charge in [-0.1, -0.05) is 12.8 Å². The lowest BCUT2D eigenvalue weighted by atomic mass is 10.2. The van der Waals surface area contributed by atoms with Gasteiger partial charge in [-0.15, -0.1) is 0 Å². The van der Waals surface area contributed by atoms with E-state index in [2.05, 4.69) is 5.32 Å². The standard InChI is InChI=1S/C15H20N2O4/c1-20-13-8-10(16)6-7-12(13)15(19)21-9-14(18)17-11-4-2-3-5-11/h6-8,11H,2-5,9,16H2,1H3,(H,17,18). The summed E-state index contributed by atoms with van der Waals surface area (Å²) in [6.07, 6.45) is 4.25. The SMILES string of the molecule is COc1cc(N)ccc1C(=O)OCC(=O)NC1CCCC1. The lowest BCUT2D eigenvalue weighted by Crippen LogP contribution is -2.35. The Morgan fingerprint density at radius 2 is 2.05 bits per heavy atom. The molecule has 6 heteroatoms. The molecule has 0 spiro atoms. The molecule has 0 aliphatic heterocycles. The average Bonchev–Trinajstić information content (AvgIpc) is 2.97. The molecule has 0 radical (unpaired) electrons. The van der Waals surface area contributed by atoms with Crippen LogP contribution in [0.5, 0.6) is 5.75 Å². The zero-order valence-electron chi connectivity index (χ0n) is 12.1. The van der Waals surface area contributed by atoms with Crippen molar-refractivity contribution in [3.05, 3.63) is 23.8 Å². The number of carbonyl (C=O) groups is 2. The van der Waals surface area contributed by atoms with E-state index in [0.29, 0.717) is 11.4 Å². The van der Waals surface area contributed by atoms with Gasteiger partial charge in [-0.2, -0.15) is 0 Å². The highest BCUT2D eigenvalue weighted by molar-refractivity contribution is 5.94. The molecule has 1 aromatic rings. The van der Waals surface area contributed by atoms with Gasteiger partial charge >= 0.3 is 5.97 Å². The molecule has 0 saturated heterocycles. The van der Waals surface area contributed by atoms with E-state index < -0.39 is 5.97 Å². The second-order valence-corrected chi connectivity index (χ2v) is 5.08. The Bertz CT molecular complexity index is 524. The first-order valence-corrected chi connectivity index (χ1v) is 7.00. The molecule has 0 atom stereocenters. The number of esters is 1. The van der Waals surface area contributed by atoms with E-state index in [0.717, 1.165) is 25.7 Å². The second kappa shape index (κ2) is 6.97. The molecular formula is C15H20N2O4. The summed E-state index contributed by atoms with van der Waals surface area (Å²) in [5.74, 6) is -0.547. The fourth-order valence-electron chi connectivity index (χ4n) is 2.42. The zero-order valence-corrected chi connectivity index (χ0v) is 12.1. The Balaban J connectivity index is 1.87. The molecule has 0 bridgehead atoms. The van der Waals surface area contributed by atoms with Crippen molar-refractivity contribution in [1.29, 1.82) is 0 Å². The summed E-state index contributed by atoms with van der Waals surface area (Å²) in [4.78, 5) is 23.7. The molecule has 1 aliphatic rings. The molecule has 1 aliphatic carbocycles. The molecule has 2 rings (SSSR count). The topological polar surface area (TPSA) is 90.7 Å². The molecule has 0 heterocycles. The lowest BCUT2D eigenvalue weighted by molar-refractivity contribution is -0.124. The maximum absolute atomic E-state index is 12.0. The fourth-order valence-corrected chi connectivity index (χ4v) is 2.42. The highest BCUT2D eigenvalue weighted by Crippen LogP contribution is 2.22. The minimum Gasteiger partial charge on any atom is -0.496 e. The van der Waals surface area contributed by atoms with E-state index in [9.17, 15) is 9.59 Å². The van der Waals surface area contributed by atoms with Crippen LogP contribution >= 0.6 is 0 Å². The molecule has 0 unspecified atom stereocenters. The highest BCUT2D eigenvalue weighted by atomic mass is 16.5. The van der Waals surface area contributed by atoms with Crippen LogP contribution in [0.1, 0.15) is 36.0 Å². The number of carbonyl (C=O) groups excluding carboxylic acids is 2. The Labute approximate surface area is 123 Å². The molecule has 21 heavy (non-hydrogen) atoms. The van der Waals surface area contributed by atoms with Crippen LogP contribution in [0.4, 0.5) is 5.69 Å². The van der Waals surface area contributed by atoms with Crippen molar-refractivity contribution in [2.75, 3.05) is 19.5 Å². The Morgan fingerprint density at radius 1 is 1.33 bits per heavy atom. The number of methoxy groups -OCH3 is 1. The first-order chi connectivity index (χ1) is 10.1. The van der Waals surface area contributed by atoms with E-state index in [1.807, 2.05) is 0 Å². The highest BCUT2D eigenvalue weighted by Gasteiger charge is 2.19. The molecule has 1 saturated carbocycles. The molecule has 6 nitrogen and oxygen atoms in total. The Hall–Kier alpha value is -2.24. The number of nitrogens with one attached hydrogen (secondary N) is 1. The van der Waals surface area contributed by atoms with Crippen LogP contribution < -0.4 is 15.8 Å². The molecule has 114 valence electrons. The fraction of sp³-hybridized carbons (Fsp3) is 0.467. The maximum atomic E-state index is 12.0. The van der Waals surface area contributed by atoms with Crippen LogP contribution in [0, 0.1) is 0 Å². The van der Waals surface area contributed by atoms with Gasteiger partial charge in [0.1, 0.15) is 11.3 Å². The molecule has 1 fully saturated rings. The molecule has 1 aromatic carbocycles. The van der Waals surface area contributed by atoms with Gasteiger partial charge in [-0.25, -0.2) is 4.79 Å². The molecule has 3 N–H and O–H groups in total. The molecular weight excluding hydrogens is 272 g/mol. The number of nitrogen functional groups attached to an aromatic ring is 1. The summed E-state index contributed by atoms with van der Waals surface area (Å²) >= 11 is 0. The molecule has 0 aromatic heterocycles. The number of rotatable bonds is 5. The number of nitrogens with two attached hydrogens (primary N) is 1. The van der Waals surface area contributed by atoms with Gasteiger partial charge in [0.25, 0.3) is 5.91 Å². The van der Waals surface area contributed by atoms with Crippen LogP contribution in [-0.2, 0) is 9.53 Å². The normalized spacial score (nSPS) is 14.7. The van der Waals surface area contributed by atoms with Crippen LogP contribution in [0.25, 0.3) is 0 Å². The van der Waals surface area contributed by atoms with E-state index >= 15 is 0 Å². The third-order valence-electron chi connectivity index (χ3n) is 3.50. The van der Waals surface area contributed by atoms with Crippen molar-refractivity contribution in [2.45, 2.75) is 31.7 Å². The monoisotopic (exact) mass is 292 g/mol. The van der Waals surface area contributed by atoms with Crippen molar-refractivity contribution >= 4 is 17.6 Å². The van der Waals surface area contributed by atoms with Crippen molar-refractivity contribution in [2.24, 2.45) is 0 Å². The predicted molar refractivity (Wildman–Crippen MR) is 78.1 cm³/mol. The summed E-state index contributed by atoms with van der Waals surface area (Å²) in [6, 6.07) is 4.85. The van der Waals surface area contributed by atoms with Crippen molar-refractivity contribution < 1.29 is 19.1 Å². The quantitative estimate of drug-likeness (QED) is 0.634. The summed E-state index contributed by atoms with van der Waals surface area (Å²) in [5, 5.41) is 2.86. The maximum Gasteiger partial charge on any atom is 0.342 e. The number of ether oxygens (including phenoxy) is 2. The largest absolute Gasteiger partial charge is 0.496 e. The minimum atomic E-state index is -0.603. The summed E-state index contributed by atoms with van der Waals surface area (Å²) < 4.78 is 10.1. The smallest absolute Gasteiger partial charge is 0.342 e. The number of amides is 1. The van der Waals surface area contributed by atoms with Crippen molar-refractivity contribution in [3.8, 4) is 5.75 Å². The Kier molecular flexibility index (Phi) is 5.03. The van der Waals surface area contributed by atoms with Gasteiger partial charge in [0.2, 0.25) is 0 Å². The van der Waals surface area contributed by atoms with Gasteiger partial charge < -0.3 is 20.5 Å². The van der Waals surface area contributed by atoms with Crippen LogP contribution in [-0.4, -0.2) is 31.6 Å². The summed E-state index contributed by atoms with van der Waals surface area (Å²) in [6.45, 7) is -0.289. The van der Waals surface area contributed by atoms with Gasteiger partial charge in [0.15, 0.2) is 6.61 Å². The van der Waals surface area contributed by atoms with Gasteiger partial charge in [0.05, 0.1) is 7.11 Å². The predicted octanol–water partition coefficient (Wildman–Crippen LogP) is 1.49. The lowest BCUT2D eigenvalue weighted by Gasteiger charge is -2.12. The van der Waals surface area contributed by atoms with Crippen molar-refractivity contribution in [3.63, 3.8) is 0 Å². The number of hydrogen-bond donors (Lipinski definition) is 2. The van der Waals surface area contributed by atoms with E-state index in [-0.39, 0.29) is 24.1 Å². The van der Waals surface area contributed by atoms with Gasteiger partial charge in [-0.3, -0.25) is 4.79 Å². The van der Waals surface area contributed by atoms with Crippen LogP contribution in [0.2, 0.25) is 0 Å². The summed E-state index contributed by atoms with van der Waals surface area (Å²) in [5.41, 5.74) is 6.36. The van der Waals surface area contributed by atoms with Gasteiger partial charge in [-0.05, 0) is 25.0 Å². The van der Waals surface area contributed by atoms with Gasteiger partial charge in [0, 0.05) is 17.8 Å². The molecule has 1 amide bonds. The third-order valence-corrected chi connectivity index (χ3v) is 3.50. The minimum absolute atomic E-state index is 0.210. The number of anilines is 1. The van der Waals surface area contributed by atoms with E-state index in [1.165, 1.54) is 19.2 Å². The number of hydrogen-bond acceptors (Lipinski definition) is 5. The second-order valence-electron chi connectivity index (χ2n) is 5.08. The third kappa shape index (κ3) is 4.11. The zero-order chi connectivity index (χ0) is 15.2. The Morgan fingerprint density at radius 3 is 2.71 bits per heavy atom. The van der Waals surface area contributed by atoms with Crippen molar-refractivity contribution in [1.82, 2.24) is 5.32 Å². The van der Waals surface area contributed by atoms with E-state index in [4.69, 9.17) is 15.2 Å². The first-order valence-electron chi connectivity index (χ1n) is 7.00. The first kappa shape index (κ1) is 15.2. The van der Waals surface area contributed by atoms with Crippen LogP contribution in [0.3, 0.4) is 0 Å². The van der Waals surface area contributed by atoms with Crippen LogP contribution in [0.15, 0.2) is 18.2 Å². The summed E-state index contributed by atoms with van der Waals surface area (Å²) in [7, 11) is 1.44. The van der Waals surface area contributed by atoms with E-state index in [1.54, 1.807) is 6.07 Å². The average molecular weight is 292 g/mol. The number of benzene rings is 1.